The molecule has 0 unspecified atom stereocenters. The Bertz CT molecular complexity index is 437. The number of thioether (sulfide) groups is 1. The first kappa shape index (κ1) is 17.7. The average Bonchev–Trinajstić information content (AvgIpc) is 2.51. The van der Waals surface area contributed by atoms with Crippen molar-refractivity contribution < 1.29 is 4.74 Å². The molecule has 0 amide bonds. The van der Waals surface area contributed by atoms with Gasteiger partial charge in [-0.1, -0.05) is 18.2 Å². The van der Waals surface area contributed by atoms with E-state index in [1.54, 1.807) is 7.11 Å². The first-order valence-corrected chi connectivity index (χ1v) is 8.72. The van der Waals surface area contributed by atoms with E-state index < -0.39 is 0 Å². The van der Waals surface area contributed by atoms with E-state index in [1.165, 1.54) is 0 Å². The highest BCUT2D eigenvalue weighted by Gasteiger charge is 2.09. The van der Waals surface area contributed by atoms with E-state index in [0.29, 0.717) is 0 Å². The molecule has 0 aliphatic carbocycles. The van der Waals surface area contributed by atoms with E-state index in [0.717, 1.165) is 49.1 Å². The maximum absolute atomic E-state index is 5.41. The highest BCUT2D eigenvalue weighted by molar-refractivity contribution is 7.98. The molecule has 0 radical (unpaired) electrons. The number of guanidine groups is 1. The molecule has 21 heavy (non-hydrogen) atoms. The van der Waals surface area contributed by atoms with E-state index in [4.69, 9.17) is 4.74 Å². The molecule has 1 N–H and O–H groups in total. The maximum atomic E-state index is 5.41. The fraction of sp³-hybridized carbons (Fsp3) is 0.562. The van der Waals surface area contributed by atoms with Crippen LogP contribution in [0.1, 0.15) is 18.9 Å². The first-order valence-electron chi connectivity index (χ1n) is 7.33. The first-order chi connectivity index (χ1) is 10.2. The Labute approximate surface area is 133 Å². The van der Waals surface area contributed by atoms with Crippen molar-refractivity contribution in [1.82, 2.24) is 10.2 Å². The molecular weight excluding hydrogens is 282 g/mol. The van der Waals surface area contributed by atoms with E-state index in [1.807, 2.05) is 30.0 Å². The third-order valence-corrected chi connectivity index (χ3v) is 3.76. The van der Waals surface area contributed by atoms with Crippen LogP contribution in [0.15, 0.2) is 29.3 Å². The van der Waals surface area contributed by atoms with E-state index in [9.17, 15) is 0 Å². The van der Waals surface area contributed by atoms with E-state index >= 15 is 0 Å². The second kappa shape index (κ2) is 10.4. The van der Waals surface area contributed by atoms with Crippen molar-refractivity contribution in [2.24, 2.45) is 4.99 Å². The number of ether oxygens (including phenoxy) is 1. The van der Waals surface area contributed by atoms with Crippen LogP contribution in [0, 0.1) is 0 Å². The van der Waals surface area contributed by atoms with Gasteiger partial charge in [0.25, 0.3) is 0 Å². The number of hydrogen-bond acceptors (Lipinski definition) is 3. The minimum atomic E-state index is 0.776. The van der Waals surface area contributed by atoms with Gasteiger partial charge in [0.1, 0.15) is 5.75 Å². The van der Waals surface area contributed by atoms with Gasteiger partial charge in [-0.3, -0.25) is 4.99 Å². The summed E-state index contributed by atoms with van der Waals surface area (Å²) in [4.78, 5) is 6.82. The molecule has 118 valence electrons. The fourth-order valence-corrected chi connectivity index (χ4v) is 2.45. The van der Waals surface area contributed by atoms with Gasteiger partial charge in [-0.2, -0.15) is 11.8 Å². The maximum Gasteiger partial charge on any atom is 0.193 e. The quantitative estimate of drug-likeness (QED) is 0.455. The zero-order chi connectivity index (χ0) is 15.5. The standard InChI is InChI=1S/C16H27N3OS/c1-5-17-16(18-11-8-12-21-4)19(2)13-14-9-6-7-10-15(14)20-3/h6-7,9-10H,5,8,11-13H2,1-4H3,(H,17,18). The van der Waals surface area contributed by atoms with Crippen LogP contribution < -0.4 is 10.1 Å². The van der Waals surface area contributed by atoms with Crippen LogP contribution >= 0.6 is 11.8 Å². The van der Waals surface area contributed by atoms with Crippen LogP contribution in [-0.4, -0.2) is 50.1 Å². The summed E-state index contributed by atoms with van der Waals surface area (Å²) in [7, 11) is 3.77. The molecule has 0 saturated heterocycles. The lowest BCUT2D eigenvalue weighted by molar-refractivity contribution is 0.396. The Morgan fingerprint density at radius 3 is 2.81 bits per heavy atom. The van der Waals surface area contributed by atoms with Gasteiger partial charge < -0.3 is 15.0 Å². The predicted molar refractivity (Wildman–Crippen MR) is 93.4 cm³/mol. The second-order valence-corrected chi connectivity index (χ2v) is 5.74. The lowest BCUT2D eigenvalue weighted by atomic mass is 10.2. The van der Waals surface area contributed by atoms with Gasteiger partial charge in [0.2, 0.25) is 0 Å². The SMILES string of the molecule is CCNC(=NCCCSC)N(C)Cc1ccccc1OC. The number of hydrogen-bond donors (Lipinski definition) is 1. The zero-order valence-electron chi connectivity index (χ0n) is 13.6. The fourth-order valence-electron chi connectivity index (χ4n) is 2.03. The normalized spacial score (nSPS) is 11.3. The number of methoxy groups -OCH3 is 1. The van der Waals surface area contributed by atoms with Crippen molar-refractivity contribution in [2.45, 2.75) is 19.9 Å². The third-order valence-electron chi connectivity index (χ3n) is 3.06. The monoisotopic (exact) mass is 309 g/mol. The lowest BCUT2D eigenvalue weighted by Gasteiger charge is -2.23. The van der Waals surface area contributed by atoms with Gasteiger partial charge in [-0.15, -0.1) is 0 Å². The molecule has 1 aromatic carbocycles. The van der Waals surface area contributed by atoms with Gasteiger partial charge in [0.15, 0.2) is 5.96 Å². The molecule has 5 heteroatoms. The van der Waals surface area contributed by atoms with Crippen LogP contribution in [0.3, 0.4) is 0 Å². The molecule has 0 aliphatic rings. The molecule has 0 spiro atoms. The topological polar surface area (TPSA) is 36.9 Å². The molecule has 0 saturated carbocycles. The molecule has 1 rings (SSSR count). The number of nitrogens with one attached hydrogen (secondary N) is 1. The van der Waals surface area contributed by atoms with Crippen LogP contribution in [0.2, 0.25) is 0 Å². The second-order valence-electron chi connectivity index (χ2n) is 4.75. The van der Waals surface area contributed by atoms with Gasteiger partial charge in [0, 0.05) is 32.2 Å². The van der Waals surface area contributed by atoms with Crippen LogP contribution in [0.25, 0.3) is 0 Å². The third kappa shape index (κ3) is 6.29. The van der Waals surface area contributed by atoms with Crippen LogP contribution in [0.5, 0.6) is 5.75 Å². The average molecular weight is 309 g/mol. The van der Waals surface area contributed by atoms with Crippen LogP contribution in [0.4, 0.5) is 0 Å². The van der Waals surface area contributed by atoms with Crippen molar-refractivity contribution >= 4 is 17.7 Å². The highest BCUT2D eigenvalue weighted by atomic mass is 32.2. The number of benzene rings is 1. The predicted octanol–water partition coefficient (Wildman–Crippen LogP) is 2.85. The minimum absolute atomic E-state index is 0.776. The summed E-state index contributed by atoms with van der Waals surface area (Å²) >= 11 is 1.86. The Morgan fingerprint density at radius 2 is 2.14 bits per heavy atom. The molecule has 4 nitrogen and oxygen atoms in total. The van der Waals surface area contributed by atoms with Gasteiger partial charge >= 0.3 is 0 Å². The molecule has 0 heterocycles. The molecule has 0 aromatic heterocycles. The van der Waals surface area contributed by atoms with Gasteiger partial charge in [-0.05, 0) is 31.4 Å². The summed E-state index contributed by atoms with van der Waals surface area (Å²) in [6, 6.07) is 8.11. The number of rotatable bonds is 8. The van der Waals surface area contributed by atoms with Crippen molar-refractivity contribution in [3.8, 4) is 5.75 Å². The number of para-hydroxylation sites is 1. The van der Waals surface area contributed by atoms with E-state index in [2.05, 4.69) is 41.5 Å². The van der Waals surface area contributed by atoms with Crippen LogP contribution in [-0.2, 0) is 6.54 Å². The van der Waals surface area contributed by atoms with Crippen molar-refractivity contribution in [1.29, 1.82) is 0 Å². The van der Waals surface area contributed by atoms with Crippen molar-refractivity contribution in [3.63, 3.8) is 0 Å². The highest BCUT2D eigenvalue weighted by Crippen LogP contribution is 2.18. The summed E-state index contributed by atoms with van der Waals surface area (Å²) < 4.78 is 5.41. The van der Waals surface area contributed by atoms with Crippen molar-refractivity contribution in [2.75, 3.05) is 39.3 Å². The number of aliphatic imine (C=N–C) groups is 1. The van der Waals surface area contributed by atoms with Crippen molar-refractivity contribution in [3.05, 3.63) is 29.8 Å². The molecule has 0 atom stereocenters. The molecule has 1 aromatic rings. The Hall–Kier alpha value is -1.36. The molecule has 0 aliphatic heterocycles. The Kier molecular flexibility index (Phi) is 8.74. The summed E-state index contributed by atoms with van der Waals surface area (Å²) in [6.45, 7) is 4.60. The minimum Gasteiger partial charge on any atom is -0.496 e. The molecule has 0 bridgehead atoms. The lowest BCUT2D eigenvalue weighted by Crippen LogP contribution is -2.38. The summed E-state index contributed by atoms with van der Waals surface area (Å²) in [5.74, 6) is 3.02. The van der Waals surface area contributed by atoms with E-state index in [-0.39, 0.29) is 0 Å². The summed E-state index contributed by atoms with van der Waals surface area (Å²) in [5.41, 5.74) is 1.16. The largest absolute Gasteiger partial charge is 0.496 e. The Balaban J connectivity index is 2.69. The molecular formula is C16H27N3OS. The Morgan fingerprint density at radius 1 is 1.38 bits per heavy atom. The number of nitrogens with zero attached hydrogens (tertiary/aromatic N) is 2. The summed E-state index contributed by atoms with van der Waals surface area (Å²) in [6.07, 6.45) is 3.24. The smallest absolute Gasteiger partial charge is 0.193 e. The summed E-state index contributed by atoms with van der Waals surface area (Å²) in [5, 5.41) is 3.35. The van der Waals surface area contributed by atoms with Gasteiger partial charge in [0.05, 0.1) is 7.11 Å². The molecule has 0 fully saturated rings. The zero-order valence-corrected chi connectivity index (χ0v) is 14.4. The van der Waals surface area contributed by atoms with Gasteiger partial charge in [-0.25, -0.2) is 0 Å².